The molecule has 0 saturated heterocycles. The largest absolute Gasteiger partial charge is 0.375 e. The van der Waals surface area contributed by atoms with E-state index in [1.807, 2.05) is 30.3 Å². The van der Waals surface area contributed by atoms with Crippen LogP contribution in [0.25, 0.3) is 0 Å². The lowest BCUT2D eigenvalue weighted by molar-refractivity contribution is -0.119. The molecule has 1 aromatic carbocycles. The lowest BCUT2D eigenvalue weighted by atomic mass is 10.2. The van der Waals surface area contributed by atoms with E-state index in [4.69, 9.17) is 16.2 Å². The standard InChI is InChI=1S/C12H19N3O2/c13-11(12(14)16)8-15-6-7-17-9-10-4-2-1-3-5-10/h1-5,11,15H,6-9,13H2,(H2,14,16). The number of benzene rings is 1. The Bertz CT molecular complexity index is 330. The molecular weight excluding hydrogens is 218 g/mol. The fourth-order valence-electron chi connectivity index (χ4n) is 1.27. The van der Waals surface area contributed by atoms with Crippen LogP contribution in [0.15, 0.2) is 30.3 Å². The van der Waals surface area contributed by atoms with Crippen molar-refractivity contribution < 1.29 is 9.53 Å². The number of amides is 1. The molecule has 1 atom stereocenters. The third-order valence-electron chi connectivity index (χ3n) is 2.26. The Balaban J connectivity index is 2.00. The first kappa shape index (κ1) is 13.6. The molecule has 1 rings (SSSR count). The summed E-state index contributed by atoms with van der Waals surface area (Å²) in [6, 6.07) is 9.30. The summed E-state index contributed by atoms with van der Waals surface area (Å²) < 4.78 is 5.44. The van der Waals surface area contributed by atoms with E-state index in [0.29, 0.717) is 26.3 Å². The topological polar surface area (TPSA) is 90.4 Å². The Hall–Kier alpha value is -1.43. The van der Waals surface area contributed by atoms with Crippen LogP contribution >= 0.6 is 0 Å². The van der Waals surface area contributed by atoms with E-state index in [1.165, 1.54) is 0 Å². The minimum atomic E-state index is -0.635. The smallest absolute Gasteiger partial charge is 0.235 e. The van der Waals surface area contributed by atoms with Gasteiger partial charge in [-0.25, -0.2) is 0 Å². The molecule has 0 bridgehead atoms. The number of rotatable bonds is 8. The average molecular weight is 237 g/mol. The molecule has 1 unspecified atom stereocenters. The van der Waals surface area contributed by atoms with Gasteiger partial charge >= 0.3 is 0 Å². The fourth-order valence-corrected chi connectivity index (χ4v) is 1.27. The van der Waals surface area contributed by atoms with Gasteiger partial charge in [-0.1, -0.05) is 30.3 Å². The molecule has 5 N–H and O–H groups in total. The van der Waals surface area contributed by atoms with E-state index in [-0.39, 0.29) is 0 Å². The molecule has 5 heteroatoms. The van der Waals surface area contributed by atoms with E-state index in [0.717, 1.165) is 5.56 Å². The highest BCUT2D eigenvalue weighted by atomic mass is 16.5. The number of nitrogens with two attached hydrogens (primary N) is 2. The quantitative estimate of drug-likeness (QED) is 0.537. The summed E-state index contributed by atoms with van der Waals surface area (Å²) in [5.74, 6) is -0.497. The molecule has 0 saturated carbocycles. The van der Waals surface area contributed by atoms with Gasteiger partial charge in [0.1, 0.15) is 0 Å². The Morgan fingerprint density at radius 2 is 2.06 bits per heavy atom. The van der Waals surface area contributed by atoms with Gasteiger partial charge in [-0.3, -0.25) is 4.79 Å². The van der Waals surface area contributed by atoms with Crippen LogP contribution in [0.1, 0.15) is 5.56 Å². The average Bonchev–Trinajstić information content (AvgIpc) is 2.34. The Morgan fingerprint density at radius 1 is 1.35 bits per heavy atom. The van der Waals surface area contributed by atoms with Crippen molar-refractivity contribution in [3.05, 3.63) is 35.9 Å². The van der Waals surface area contributed by atoms with Crippen LogP contribution in [0, 0.1) is 0 Å². The second-order valence-electron chi connectivity index (χ2n) is 3.75. The van der Waals surface area contributed by atoms with Crippen molar-refractivity contribution in [1.29, 1.82) is 0 Å². The Morgan fingerprint density at radius 3 is 2.71 bits per heavy atom. The van der Waals surface area contributed by atoms with Crippen LogP contribution in [0.3, 0.4) is 0 Å². The van der Waals surface area contributed by atoms with Gasteiger partial charge in [0.25, 0.3) is 0 Å². The third kappa shape index (κ3) is 6.01. The molecule has 0 aliphatic heterocycles. The Kier molecular flexibility index (Phi) is 6.24. The first-order valence-electron chi connectivity index (χ1n) is 5.57. The van der Waals surface area contributed by atoms with Crippen LogP contribution in [-0.4, -0.2) is 31.6 Å². The lowest BCUT2D eigenvalue weighted by Crippen LogP contribution is -2.44. The molecule has 1 aromatic rings. The summed E-state index contributed by atoms with van der Waals surface area (Å²) in [4.78, 5) is 10.6. The molecule has 0 radical (unpaired) electrons. The van der Waals surface area contributed by atoms with Gasteiger partial charge in [0.2, 0.25) is 5.91 Å². The van der Waals surface area contributed by atoms with Crippen molar-refractivity contribution in [2.45, 2.75) is 12.6 Å². The zero-order valence-corrected chi connectivity index (χ0v) is 9.76. The van der Waals surface area contributed by atoms with Gasteiger partial charge in [0.05, 0.1) is 19.3 Å². The van der Waals surface area contributed by atoms with Crippen LogP contribution in [0.4, 0.5) is 0 Å². The van der Waals surface area contributed by atoms with E-state index >= 15 is 0 Å². The number of hydrogen-bond acceptors (Lipinski definition) is 4. The SMILES string of the molecule is NC(=O)C(N)CNCCOCc1ccccc1. The highest BCUT2D eigenvalue weighted by Crippen LogP contribution is 1.99. The first-order valence-corrected chi connectivity index (χ1v) is 5.57. The molecule has 0 heterocycles. The van der Waals surface area contributed by atoms with Gasteiger partial charge in [-0.15, -0.1) is 0 Å². The molecule has 17 heavy (non-hydrogen) atoms. The predicted molar refractivity (Wildman–Crippen MR) is 66.1 cm³/mol. The number of carbonyl (C=O) groups is 1. The zero-order valence-electron chi connectivity index (χ0n) is 9.76. The van der Waals surface area contributed by atoms with Crippen LogP contribution in [0.5, 0.6) is 0 Å². The summed E-state index contributed by atoms with van der Waals surface area (Å²) in [5.41, 5.74) is 11.6. The van der Waals surface area contributed by atoms with E-state index in [1.54, 1.807) is 0 Å². The number of nitrogens with one attached hydrogen (secondary N) is 1. The summed E-state index contributed by atoms with van der Waals surface area (Å²) in [7, 11) is 0. The van der Waals surface area contributed by atoms with E-state index in [2.05, 4.69) is 5.32 Å². The maximum atomic E-state index is 10.6. The molecule has 0 fully saturated rings. The predicted octanol–water partition coefficient (Wildman–Crippen LogP) is -0.395. The summed E-state index contributed by atoms with van der Waals surface area (Å²) in [5, 5.41) is 3.00. The fraction of sp³-hybridized carbons (Fsp3) is 0.417. The van der Waals surface area contributed by atoms with Crippen molar-refractivity contribution in [1.82, 2.24) is 5.32 Å². The van der Waals surface area contributed by atoms with Crippen molar-refractivity contribution in [2.75, 3.05) is 19.7 Å². The van der Waals surface area contributed by atoms with Gasteiger partial charge < -0.3 is 21.5 Å². The molecule has 0 aliphatic rings. The zero-order chi connectivity index (χ0) is 12.5. The van der Waals surface area contributed by atoms with Crippen LogP contribution < -0.4 is 16.8 Å². The molecule has 0 aromatic heterocycles. The number of primary amides is 1. The van der Waals surface area contributed by atoms with E-state index in [9.17, 15) is 4.79 Å². The van der Waals surface area contributed by atoms with Gasteiger partial charge in [0.15, 0.2) is 0 Å². The molecule has 0 aliphatic carbocycles. The normalized spacial score (nSPS) is 12.3. The van der Waals surface area contributed by atoms with Crippen molar-refractivity contribution in [3.8, 4) is 0 Å². The monoisotopic (exact) mass is 237 g/mol. The molecule has 5 nitrogen and oxygen atoms in total. The maximum Gasteiger partial charge on any atom is 0.235 e. The minimum absolute atomic E-state index is 0.379. The summed E-state index contributed by atoms with van der Waals surface area (Å²) >= 11 is 0. The lowest BCUT2D eigenvalue weighted by Gasteiger charge is -2.09. The number of carbonyl (C=O) groups excluding carboxylic acids is 1. The van der Waals surface area contributed by atoms with Gasteiger partial charge in [0, 0.05) is 13.1 Å². The van der Waals surface area contributed by atoms with Crippen molar-refractivity contribution in [3.63, 3.8) is 0 Å². The van der Waals surface area contributed by atoms with Crippen molar-refractivity contribution in [2.24, 2.45) is 11.5 Å². The van der Waals surface area contributed by atoms with Crippen LogP contribution in [0.2, 0.25) is 0 Å². The second kappa shape index (κ2) is 7.78. The van der Waals surface area contributed by atoms with E-state index < -0.39 is 11.9 Å². The third-order valence-corrected chi connectivity index (χ3v) is 2.26. The van der Waals surface area contributed by atoms with Crippen molar-refractivity contribution >= 4 is 5.91 Å². The van der Waals surface area contributed by atoms with Gasteiger partial charge in [-0.05, 0) is 5.56 Å². The summed E-state index contributed by atoms with van der Waals surface area (Å²) in [6.07, 6.45) is 0. The molecular formula is C12H19N3O2. The number of hydrogen-bond donors (Lipinski definition) is 3. The Labute approximate surface area is 101 Å². The summed E-state index contributed by atoms with van der Waals surface area (Å²) in [6.45, 7) is 2.18. The van der Waals surface area contributed by atoms with Gasteiger partial charge in [-0.2, -0.15) is 0 Å². The molecule has 1 amide bonds. The van der Waals surface area contributed by atoms with Crippen LogP contribution in [-0.2, 0) is 16.1 Å². The highest BCUT2D eigenvalue weighted by molar-refractivity contribution is 5.79. The second-order valence-corrected chi connectivity index (χ2v) is 3.75. The molecule has 94 valence electrons. The minimum Gasteiger partial charge on any atom is -0.375 e. The molecule has 0 spiro atoms. The highest BCUT2D eigenvalue weighted by Gasteiger charge is 2.06. The number of ether oxygens (including phenoxy) is 1. The first-order chi connectivity index (χ1) is 8.20. The maximum absolute atomic E-state index is 10.6.